The quantitative estimate of drug-likeness (QED) is 0.905. The summed E-state index contributed by atoms with van der Waals surface area (Å²) in [6.45, 7) is 8.52. The molecule has 0 aromatic heterocycles. The predicted molar refractivity (Wildman–Crippen MR) is 99.1 cm³/mol. The van der Waals surface area contributed by atoms with Crippen LogP contribution in [-0.4, -0.2) is 39.1 Å². The fourth-order valence-corrected chi connectivity index (χ4v) is 3.17. The van der Waals surface area contributed by atoms with E-state index in [-0.39, 0.29) is 5.91 Å². The van der Waals surface area contributed by atoms with Crippen molar-refractivity contribution in [3.63, 3.8) is 0 Å². The molecular weight excluding hydrogens is 298 g/mol. The molecule has 4 heteroatoms. The van der Waals surface area contributed by atoms with Crippen LogP contribution in [0.3, 0.4) is 0 Å². The molecule has 1 heterocycles. The Kier molecular flexibility index (Phi) is 4.86. The van der Waals surface area contributed by atoms with E-state index in [1.165, 1.54) is 24.3 Å². The van der Waals surface area contributed by atoms with Crippen molar-refractivity contribution in [1.29, 1.82) is 0 Å². The Labute approximate surface area is 144 Å². The summed E-state index contributed by atoms with van der Waals surface area (Å²) in [5, 5.41) is 2.99. The van der Waals surface area contributed by atoms with Crippen LogP contribution in [0.1, 0.15) is 21.5 Å². The van der Waals surface area contributed by atoms with Crippen molar-refractivity contribution in [2.45, 2.75) is 13.8 Å². The molecule has 0 atom stereocenters. The number of hydrogen-bond acceptors (Lipinski definition) is 2. The second-order valence-corrected chi connectivity index (χ2v) is 6.76. The second-order valence-electron chi connectivity index (χ2n) is 6.76. The van der Waals surface area contributed by atoms with E-state index in [4.69, 9.17) is 0 Å². The molecule has 1 fully saturated rings. The number of piperazine rings is 1. The van der Waals surface area contributed by atoms with E-state index < -0.39 is 0 Å². The first-order valence-electron chi connectivity index (χ1n) is 8.58. The third-order valence-corrected chi connectivity index (χ3v) is 4.73. The molecule has 0 radical (unpaired) electrons. The topological polar surface area (TPSA) is 36.8 Å². The van der Waals surface area contributed by atoms with Gasteiger partial charge in [-0.1, -0.05) is 17.7 Å². The minimum absolute atomic E-state index is 0.0524. The molecule has 0 bridgehead atoms. The number of amides is 1. The van der Waals surface area contributed by atoms with Crippen LogP contribution in [-0.2, 0) is 0 Å². The van der Waals surface area contributed by atoms with E-state index in [9.17, 15) is 4.79 Å². The SMILES string of the molecule is Cc1ccc(C(=O)Nc2ccc(N3CC[NH+](C)CC3)cc2)c(C)c1. The summed E-state index contributed by atoms with van der Waals surface area (Å²) >= 11 is 0. The van der Waals surface area contributed by atoms with Crippen LogP contribution in [0, 0.1) is 13.8 Å². The number of carbonyl (C=O) groups excluding carboxylic acids is 1. The first kappa shape index (κ1) is 16.5. The first-order chi connectivity index (χ1) is 11.5. The summed E-state index contributed by atoms with van der Waals surface area (Å²) in [6.07, 6.45) is 0. The summed E-state index contributed by atoms with van der Waals surface area (Å²) in [7, 11) is 2.24. The molecule has 3 rings (SSSR count). The number of carbonyl (C=O) groups is 1. The van der Waals surface area contributed by atoms with Gasteiger partial charge in [-0.05, 0) is 49.7 Å². The Bertz CT molecular complexity index is 716. The van der Waals surface area contributed by atoms with Crippen molar-refractivity contribution in [3.05, 3.63) is 59.2 Å². The fourth-order valence-electron chi connectivity index (χ4n) is 3.17. The maximum absolute atomic E-state index is 12.4. The first-order valence-corrected chi connectivity index (χ1v) is 8.58. The Morgan fingerprint density at radius 1 is 1.04 bits per heavy atom. The highest BCUT2D eigenvalue weighted by Crippen LogP contribution is 2.19. The molecule has 2 aromatic carbocycles. The number of hydrogen-bond donors (Lipinski definition) is 2. The smallest absolute Gasteiger partial charge is 0.255 e. The number of quaternary nitrogens is 1. The van der Waals surface area contributed by atoms with Crippen molar-refractivity contribution >= 4 is 17.3 Å². The zero-order valence-electron chi connectivity index (χ0n) is 14.7. The van der Waals surface area contributed by atoms with Crippen molar-refractivity contribution in [2.24, 2.45) is 0 Å². The van der Waals surface area contributed by atoms with Gasteiger partial charge >= 0.3 is 0 Å². The van der Waals surface area contributed by atoms with Crippen LogP contribution in [0.4, 0.5) is 11.4 Å². The fraction of sp³-hybridized carbons (Fsp3) is 0.350. The summed E-state index contributed by atoms with van der Waals surface area (Å²) in [5.41, 5.74) is 4.97. The van der Waals surface area contributed by atoms with Crippen LogP contribution < -0.4 is 15.1 Å². The van der Waals surface area contributed by atoms with Gasteiger partial charge in [0, 0.05) is 16.9 Å². The Hall–Kier alpha value is -2.33. The Balaban J connectivity index is 1.66. The van der Waals surface area contributed by atoms with Crippen LogP contribution in [0.25, 0.3) is 0 Å². The minimum Gasteiger partial charge on any atom is -0.360 e. The zero-order valence-corrected chi connectivity index (χ0v) is 14.7. The van der Waals surface area contributed by atoms with Gasteiger partial charge in [0.1, 0.15) is 0 Å². The molecule has 0 spiro atoms. The van der Waals surface area contributed by atoms with Crippen LogP contribution in [0.5, 0.6) is 0 Å². The molecule has 2 aromatic rings. The Morgan fingerprint density at radius 3 is 2.33 bits per heavy atom. The van der Waals surface area contributed by atoms with Crippen molar-refractivity contribution < 1.29 is 9.69 Å². The maximum Gasteiger partial charge on any atom is 0.255 e. The molecule has 24 heavy (non-hydrogen) atoms. The van der Waals surface area contributed by atoms with Gasteiger partial charge in [-0.2, -0.15) is 0 Å². The summed E-state index contributed by atoms with van der Waals surface area (Å²) in [6, 6.07) is 14.1. The van der Waals surface area contributed by atoms with E-state index >= 15 is 0 Å². The van der Waals surface area contributed by atoms with Crippen molar-refractivity contribution in [2.75, 3.05) is 43.4 Å². The molecule has 0 unspecified atom stereocenters. The summed E-state index contributed by atoms with van der Waals surface area (Å²) in [4.78, 5) is 16.4. The summed E-state index contributed by atoms with van der Waals surface area (Å²) in [5.74, 6) is -0.0524. The van der Waals surface area contributed by atoms with Gasteiger partial charge in [-0.25, -0.2) is 0 Å². The summed E-state index contributed by atoms with van der Waals surface area (Å²) < 4.78 is 0. The van der Waals surface area contributed by atoms with Crippen LogP contribution >= 0.6 is 0 Å². The molecule has 1 amide bonds. The second kappa shape index (κ2) is 7.05. The highest BCUT2D eigenvalue weighted by Gasteiger charge is 2.17. The molecular formula is C20H26N3O+. The van der Waals surface area contributed by atoms with E-state index in [2.05, 4.69) is 29.4 Å². The van der Waals surface area contributed by atoms with E-state index in [0.717, 1.165) is 29.9 Å². The maximum atomic E-state index is 12.4. The van der Waals surface area contributed by atoms with Gasteiger partial charge in [-0.15, -0.1) is 0 Å². The monoisotopic (exact) mass is 324 g/mol. The number of benzene rings is 2. The molecule has 0 saturated carbocycles. The highest BCUT2D eigenvalue weighted by molar-refractivity contribution is 6.05. The molecule has 4 nitrogen and oxygen atoms in total. The lowest BCUT2D eigenvalue weighted by atomic mass is 10.1. The van der Waals surface area contributed by atoms with Crippen LogP contribution in [0.15, 0.2) is 42.5 Å². The molecule has 0 aliphatic carbocycles. The molecule has 1 saturated heterocycles. The number of rotatable bonds is 3. The average Bonchev–Trinajstić information content (AvgIpc) is 2.56. The van der Waals surface area contributed by atoms with E-state index in [1.807, 2.05) is 44.2 Å². The Morgan fingerprint density at radius 2 is 1.71 bits per heavy atom. The number of nitrogens with zero attached hydrogens (tertiary/aromatic N) is 1. The van der Waals surface area contributed by atoms with Crippen molar-refractivity contribution in [3.8, 4) is 0 Å². The predicted octanol–water partition coefficient (Wildman–Crippen LogP) is 1.89. The molecule has 2 N–H and O–H groups in total. The lowest BCUT2D eigenvalue weighted by Gasteiger charge is -2.31. The third kappa shape index (κ3) is 3.77. The van der Waals surface area contributed by atoms with Crippen LogP contribution in [0.2, 0.25) is 0 Å². The lowest BCUT2D eigenvalue weighted by Crippen LogP contribution is -3.12. The molecule has 126 valence electrons. The number of likely N-dealkylation sites (N-methyl/N-ethyl adjacent to an activating group) is 1. The average molecular weight is 324 g/mol. The number of aryl methyl sites for hydroxylation is 2. The molecule has 1 aliphatic heterocycles. The van der Waals surface area contributed by atoms with E-state index in [1.54, 1.807) is 4.90 Å². The van der Waals surface area contributed by atoms with Gasteiger partial charge in [0.05, 0.1) is 33.2 Å². The number of anilines is 2. The lowest BCUT2D eigenvalue weighted by molar-refractivity contribution is -0.880. The third-order valence-electron chi connectivity index (χ3n) is 4.73. The minimum atomic E-state index is -0.0524. The van der Waals surface area contributed by atoms with Gasteiger partial charge in [-0.3, -0.25) is 4.79 Å². The standard InChI is InChI=1S/C20H25N3O/c1-15-4-9-19(16(2)14-15)20(24)21-17-5-7-18(8-6-17)23-12-10-22(3)11-13-23/h4-9,14H,10-13H2,1-3H3,(H,21,24)/p+1. The van der Waals surface area contributed by atoms with Gasteiger partial charge in [0.25, 0.3) is 5.91 Å². The number of nitrogens with one attached hydrogen (secondary N) is 2. The van der Waals surface area contributed by atoms with Crippen molar-refractivity contribution in [1.82, 2.24) is 0 Å². The van der Waals surface area contributed by atoms with Gasteiger partial charge < -0.3 is 15.1 Å². The van der Waals surface area contributed by atoms with Gasteiger partial charge in [0.2, 0.25) is 0 Å². The largest absolute Gasteiger partial charge is 0.360 e. The molecule has 1 aliphatic rings. The van der Waals surface area contributed by atoms with Gasteiger partial charge in [0.15, 0.2) is 0 Å². The highest BCUT2D eigenvalue weighted by atomic mass is 16.1. The van der Waals surface area contributed by atoms with E-state index in [0.29, 0.717) is 0 Å². The normalized spacial score (nSPS) is 15.4. The zero-order chi connectivity index (χ0) is 17.1.